The predicted molar refractivity (Wildman–Crippen MR) is 137 cm³/mol. The summed E-state index contributed by atoms with van der Waals surface area (Å²) in [6, 6.07) is 24.0. The Morgan fingerprint density at radius 1 is 0.971 bits per heavy atom. The van der Waals surface area contributed by atoms with Gasteiger partial charge in [-0.1, -0.05) is 95.3 Å². The summed E-state index contributed by atoms with van der Waals surface area (Å²) in [4.78, 5) is 28.4. The number of rotatable bonds is 4. The number of allylic oxidation sites excluding steroid dienone is 5. The summed E-state index contributed by atoms with van der Waals surface area (Å²) in [6.07, 6.45) is 5.65. The zero-order valence-electron chi connectivity index (χ0n) is 18.4. The van der Waals surface area contributed by atoms with Gasteiger partial charge in [0.25, 0.3) is 0 Å². The molecular formula is C30H23BrO3. The molecule has 0 amide bonds. The van der Waals surface area contributed by atoms with Crippen molar-refractivity contribution >= 4 is 33.1 Å². The van der Waals surface area contributed by atoms with E-state index < -0.39 is 17.3 Å². The number of benzene rings is 3. The lowest BCUT2D eigenvalue weighted by Crippen LogP contribution is -2.54. The first-order chi connectivity index (χ1) is 16.5. The molecule has 2 aliphatic rings. The van der Waals surface area contributed by atoms with Gasteiger partial charge >= 0.3 is 0 Å². The molecule has 0 saturated carbocycles. The first-order valence-electron chi connectivity index (χ1n) is 11.2. The van der Waals surface area contributed by atoms with Gasteiger partial charge < -0.3 is 5.11 Å². The maximum Gasteiger partial charge on any atom is 0.168 e. The number of phenolic OH excluding ortho intramolecular Hbond substituents is 1. The molecule has 3 unspecified atom stereocenters. The number of aromatic hydroxyl groups is 1. The van der Waals surface area contributed by atoms with E-state index in [0.717, 1.165) is 21.2 Å². The quantitative estimate of drug-likeness (QED) is 0.433. The third-order valence-corrected chi connectivity index (χ3v) is 7.56. The summed E-state index contributed by atoms with van der Waals surface area (Å²) < 4.78 is 0.782. The van der Waals surface area contributed by atoms with Gasteiger partial charge in [0, 0.05) is 27.4 Å². The van der Waals surface area contributed by atoms with Gasteiger partial charge in [-0.3, -0.25) is 9.59 Å². The second-order valence-corrected chi connectivity index (χ2v) is 9.64. The number of carbonyl (C=O) groups excluding carboxylic acids is 2. The van der Waals surface area contributed by atoms with E-state index >= 15 is 0 Å². The monoisotopic (exact) mass is 510 g/mol. The fourth-order valence-electron chi connectivity index (χ4n) is 5.61. The largest absolute Gasteiger partial charge is 0.508 e. The molecule has 3 aromatic rings. The lowest BCUT2D eigenvalue weighted by molar-refractivity contribution is -0.131. The minimum absolute atomic E-state index is 0.0616. The van der Waals surface area contributed by atoms with Crippen LogP contribution < -0.4 is 0 Å². The molecule has 0 spiro atoms. The summed E-state index contributed by atoms with van der Waals surface area (Å²) in [7, 11) is 0. The van der Waals surface area contributed by atoms with E-state index in [1.165, 1.54) is 6.08 Å². The van der Waals surface area contributed by atoms with E-state index in [1.807, 2.05) is 72.8 Å². The summed E-state index contributed by atoms with van der Waals surface area (Å²) in [5.41, 5.74) is 2.15. The van der Waals surface area contributed by atoms with Crippen molar-refractivity contribution < 1.29 is 14.7 Å². The van der Waals surface area contributed by atoms with Crippen LogP contribution in [0.15, 0.2) is 114 Å². The van der Waals surface area contributed by atoms with Gasteiger partial charge in [-0.05, 0) is 47.4 Å². The van der Waals surface area contributed by atoms with Crippen LogP contribution in [-0.2, 0) is 15.0 Å². The lowest BCUT2D eigenvalue weighted by Gasteiger charge is -2.49. The number of phenols is 1. The van der Waals surface area contributed by atoms with Gasteiger partial charge in [0.1, 0.15) is 5.75 Å². The van der Waals surface area contributed by atoms with Crippen molar-refractivity contribution in [3.63, 3.8) is 0 Å². The van der Waals surface area contributed by atoms with Crippen LogP contribution in [0.1, 0.15) is 29.0 Å². The van der Waals surface area contributed by atoms with Crippen LogP contribution in [0.3, 0.4) is 0 Å². The molecule has 3 nitrogen and oxygen atoms in total. The maximum absolute atomic E-state index is 14.3. The molecule has 0 saturated heterocycles. The molecule has 5 rings (SSSR count). The van der Waals surface area contributed by atoms with Gasteiger partial charge in [0.05, 0.1) is 5.41 Å². The summed E-state index contributed by atoms with van der Waals surface area (Å²) in [6.45, 7) is 4.01. The van der Waals surface area contributed by atoms with E-state index in [9.17, 15) is 14.7 Å². The highest BCUT2D eigenvalue weighted by Gasteiger charge is 2.59. The van der Waals surface area contributed by atoms with Gasteiger partial charge in [0.2, 0.25) is 0 Å². The van der Waals surface area contributed by atoms with Crippen molar-refractivity contribution in [2.24, 2.45) is 5.92 Å². The molecule has 0 aromatic heterocycles. The second-order valence-electron chi connectivity index (χ2n) is 8.72. The smallest absolute Gasteiger partial charge is 0.168 e. The molecule has 3 atom stereocenters. The Morgan fingerprint density at radius 2 is 1.65 bits per heavy atom. The average molecular weight is 511 g/mol. The van der Waals surface area contributed by atoms with Crippen molar-refractivity contribution in [1.29, 1.82) is 0 Å². The topological polar surface area (TPSA) is 54.4 Å². The molecule has 2 aliphatic carbocycles. The van der Waals surface area contributed by atoms with Crippen molar-refractivity contribution in [3.05, 3.63) is 130 Å². The van der Waals surface area contributed by atoms with E-state index in [0.29, 0.717) is 17.6 Å². The number of fused-ring (bicyclic) bond motifs is 1. The van der Waals surface area contributed by atoms with Gasteiger partial charge in [-0.15, -0.1) is 0 Å². The Hall–Kier alpha value is -3.50. The number of hydrogen-bond acceptors (Lipinski definition) is 3. The number of Topliss-reactive ketones (excluding diaryl/α,β-unsaturated/α-hetero) is 1. The predicted octanol–water partition coefficient (Wildman–Crippen LogP) is 6.54. The van der Waals surface area contributed by atoms with Crippen LogP contribution in [0.5, 0.6) is 5.75 Å². The molecule has 3 aromatic carbocycles. The highest BCUT2D eigenvalue weighted by Crippen LogP contribution is 2.58. The molecule has 0 radical (unpaired) electrons. The van der Waals surface area contributed by atoms with Crippen molar-refractivity contribution in [1.82, 2.24) is 0 Å². The van der Waals surface area contributed by atoms with E-state index in [2.05, 4.69) is 22.5 Å². The minimum Gasteiger partial charge on any atom is -0.508 e. The molecule has 1 N–H and O–H groups in total. The third kappa shape index (κ3) is 3.33. The lowest BCUT2D eigenvalue weighted by atomic mass is 9.50. The SMILES string of the molecule is C=CC1=CCC2C(=O)C(c3ccccc3)=CC(=O)C2(c2ccccc2)C1c1cc(Br)ccc1O. The Balaban J connectivity index is 1.84. The van der Waals surface area contributed by atoms with Crippen molar-refractivity contribution in [2.75, 3.05) is 0 Å². The fourth-order valence-corrected chi connectivity index (χ4v) is 5.99. The first-order valence-corrected chi connectivity index (χ1v) is 12.0. The van der Waals surface area contributed by atoms with Crippen LogP contribution in [0.2, 0.25) is 0 Å². The van der Waals surface area contributed by atoms with Crippen LogP contribution in [0, 0.1) is 5.92 Å². The molecule has 0 bridgehead atoms. The van der Waals surface area contributed by atoms with Gasteiger partial charge in [-0.2, -0.15) is 0 Å². The Labute approximate surface area is 207 Å². The normalized spacial score (nSPS) is 24.1. The van der Waals surface area contributed by atoms with Crippen LogP contribution in [-0.4, -0.2) is 16.7 Å². The molecule has 0 heterocycles. The molecule has 168 valence electrons. The summed E-state index contributed by atoms with van der Waals surface area (Å²) in [5, 5.41) is 10.9. The average Bonchev–Trinajstić information content (AvgIpc) is 2.87. The number of hydrogen-bond donors (Lipinski definition) is 1. The molecular weight excluding hydrogens is 488 g/mol. The van der Waals surface area contributed by atoms with Crippen LogP contribution in [0.4, 0.5) is 0 Å². The van der Waals surface area contributed by atoms with E-state index in [1.54, 1.807) is 18.2 Å². The minimum atomic E-state index is -1.20. The Kier molecular flexibility index (Phi) is 5.70. The zero-order chi connectivity index (χ0) is 23.9. The first kappa shape index (κ1) is 22.3. The highest BCUT2D eigenvalue weighted by molar-refractivity contribution is 9.10. The molecule has 34 heavy (non-hydrogen) atoms. The number of ketones is 2. The number of carbonyl (C=O) groups is 2. The molecule has 0 aliphatic heterocycles. The fraction of sp³-hybridized carbons (Fsp3) is 0.133. The molecule has 4 heteroatoms. The van der Waals surface area contributed by atoms with Crippen molar-refractivity contribution in [3.8, 4) is 5.75 Å². The van der Waals surface area contributed by atoms with Crippen LogP contribution >= 0.6 is 15.9 Å². The Morgan fingerprint density at radius 3 is 2.32 bits per heavy atom. The standard InChI is InChI=1S/C30H23BrO3/c1-2-19-13-15-25-29(34)23(20-9-5-3-6-10-20)18-27(33)30(25,21-11-7-4-8-12-21)28(19)24-17-22(31)14-16-26(24)32/h2-14,16-18,25,28,32H,1,15H2. The van der Waals surface area contributed by atoms with Gasteiger partial charge in [0.15, 0.2) is 11.6 Å². The Bertz CT molecular complexity index is 1350. The maximum atomic E-state index is 14.3. The summed E-state index contributed by atoms with van der Waals surface area (Å²) >= 11 is 3.51. The van der Waals surface area contributed by atoms with Crippen molar-refractivity contribution in [2.45, 2.75) is 17.8 Å². The van der Waals surface area contributed by atoms with E-state index in [-0.39, 0.29) is 17.3 Å². The molecule has 0 fully saturated rings. The zero-order valence-corrected chi connectivity index (χ0v) is 20.0. The van der Waals surface area contributed by atoms with Crippen LogP contribution in [0.25, 0.3) is 5.57 Å². The second kappa shape index (κ2) is 8.69. The highest BCUT2D eigenvalue weighted by atomic mass is 79.9. The number of halogens is 1. The third-order valence-electron chi connectivity index (χ3n) is 7.07. The van der Waals surface area contributed by atoms with E-state index in [4.69, 9.17) is 0 Å². The van der Waals surface area contributed by atoms with Gasteiger partial charge in [-0.25, -0.2) is 0 Å². The summed E-state index contributed by atoms with van der Waals surface area (Å²) in [5.74, 6) is -1.31.